The number of carbonyl (C=O) groups is 4. The number of furan rings is 1. The predicted octanol–water partition coefficient (Wildman–Crippen LogP) is 3.56. The number of nitrogens with one attached hydrogen (secondary N) is 2. The van der Waals surface area contributed by atoms with Crippen LogP contribution in [0, 0.1) is 13.8 Å². The predicted molar refractivity (Wildman–Crippen MR) is 126 cm³/mol. The Balaban J connectivity index is 1.77. The van der Waals surface area contributed by atoms with Gasteiger partial charge in [0.25, 0.3) is 5.91 Å². The molecule has 9 nitrogen and oxygen atoms in total. The molecule has 0 fully saturated rings. The van der Waals surface area contributed by atoms with Crippen LogP contribution < -0.4 is 5.32 Å². The second-order valence-electron chi connectivity index (χ2n) is 7.98. The summed E-state index contributed by atoms with van der Waals surface area (Å²) in [5.74, 6) is -2.36. The van der Waals surface area contributed by atoms with Crippen LogP contribution in [0.4, 0.5) is 0 Å². The molecule has 0 saturated heterocycles. The highest BCUT2D eigenvalue weighted by molar-refractivity contribution is 6.04. The third-order valence-corrected chi connectivity index (χ3v) is 5.44. The lowest BCUT2D eigenvalue weighted by Crippen LogP contribution is -2.45. The van der Waals surface area contributed by atoms with Gasteiger partial charge in [-0.1, -0.05) is 30.3 Å². The summed E-state index contributed by atoms with van der Waals surface area (Å²) in [5, 5.41) is 2.62. The zero-order chi connectivity index (χ0) is 25.5. The van der Waals surface area contributed by atoms with E-state index in [4.69, 9.17) is 13.9 Å². The minimum atomic E-state index is -1.17. The number of aromatic nitrogens is 1. The largest absolute Gasteiger partial charge is 0.462 e. The van der Waals surface area contributed by atoms with Crippen LogP contribution in [0.5, 0.6) is 0 Å². The van der Waals surface area contributed by atoms with Crippen LogP contribution in [-0.2, 0) is 20.7 Å². The number of hydrogen-bond acceptors (Lipinski definition) is 7. The van der Waals surface area contributed by atoms with Gasteiger partial charge in [0, 0.05) is 12.1 Å². The van der Waals surface area contributed by atoms with Crippen molar-refractivity contribution >= 4 is 23.6 Å². The first-order valence-corrected chi connectivity index (χ1v) is 11.2. The van der Waals surface area contributed by atoms with Crippen LogP contribution in [0.3, 0.4) is 0 Å². The van der Waals surface area contributed by atoms with Crippen LogP contribution >= 0.6 is 0 Å². The van der Waals surface area contributed by atoms with Crippen LogP contribution in [0.15, 0.2) is 53.1 Å². The van der Waals surface area contributed by atoms with E-state index in [1.54, 1.807) is 26.8 Å². The van der Waals surface area contributed by atoms with Crippen molar-refractivity contribution in [3.8, 4) is 0 Å². The van der Waals surface area contributed by atoms with E-state index in [1.807, 2.05) is 30.3 Å². The number of amides is 1. The fourth-order valence-corrected chi connectivity index (χ4v) is 3.70. The van der Waals surface area contributed by atoms with E-state index >= 15 is 0 Å². The summed E-state index contributed by atoms with van der Waals surface area (Å²) in [7, 11) is 0. The van der Waals surface area contributed by atoms with Crippen molar-refractivity contribution in [2.24, 2.45) is 0 Å². The summed E-state index contributed by atoms with van der Waals surface area (Å²) in [4.78, 5) is 53.8. The molecule has 3 aromatic rings. The molecule has 2 N–H and O–H groups in total. The number of aromatic amines is 1. The molecule has 2 aromatic heterocycles. The van der Waals surface area contributed by atoms with E-state index in [-0.39, 0.29) is 30.0 Å². The van der Waals surface area contributed by atoms with Crippen molar-refractivity contribution in [2.75, 3.05) is 6.61 Å². The molecule has 0 aliphatic rings. The molecule has 2 unspecified atom stereocenters. The lowest BCUT2D eigenvalue weighted by molar-refractivity contribution is -0.148. The number of H-pyrrole nitrogens is 1. The highest BCUT2D eigenvalue weighted by atomic mass is 16.5. The standard InChI is InChI=1S/C26H28N2O7/c1-5-33-26(32)21-15(2)22(27-16(21)3)23(29)17(4)35-25(31)19(14-18-10-7-6-8-11-18)28-24(30)20-12-9-13-34-20/h6-13,17,19,27H,5,14H2,1-4H3,(H,28,30). The van der Waals surface area contributed by atoms with Gasteiger partial charge in [-0.3, -0.25) is 9.59 Å². The van der Waals surface area contributed by atoms with E-state index in [2.05, 4.69) is 10.3 Å². The van der Waals surface area contributed by atoms with E-state index < -0.39 is 35.8 Å². The first kappa shape index (κ1) is 25.5. The topological polar surface area (TPSA) is 128 Å². The van der Waals surface area contributed by atoms with Gasteiger partial charge in [0.15, 0.2) is 11.9 Å². The monoisotopic (exact) mass is 480 g/mol. The normalized spacial score (nSPS) is 12.5. The Morgan fingerprint density at radius 1 is 1.06 bits per heavy atom. The van der Waals surface area contributed by atoms with Gasteiger partial charge in [-0.25, -0.2) is 9.59 Å². The highest BCUT2D eigenvalue weighted by Gasteiger charge is 2.31. The lowest BCUT2D eigenvalue weighted by Gasteiger charge is -2.20. The molecule has 2 atom stereocenters. The molecule has 9 heteroatoms. The number of Topliss-reactive ketones (excluding diaryl/α,β-unsaturated/α-hetero) is 1. The second-order valence-corrected chi connectivity index (χ2v) is 7.98. The molecule has 2 heterocycles. The maximum Gasteiger partial charge on any atom is 0.340 e. The number of ether oxygens (including phenoxy) is 2. The van der Waals surface area contributed by atoms with Crippen LogP contribution in [0.1, 0.15) is 62.1 Å². The summed E-state index contributed by atoms with van der Waals surface area (Å²) in [6.07, 6.45) is 0.333. The highest BCUT2D eigenvalue weighted by Crippen LogP contribution is 2.21. The Morgan fingerprint density at radius 3 is 2.40 bits per heavy atom. The molecular weight excluding hydrogens is 452 g/mol. The third-order valence-electron chi connectivity index (χ3n) is 5.44. The fourth-order valence-electron chi connectivity index (χ4n) is 3.70. The summed E-state index contributed by atoms with van der Waals surface area (Å²) >= 11 is 0. The Bertz CT molecular complexity index is 1200. The van der Waals surface area contributed by atoms with Gasteiger partial charge in [0.05, 0.1) is 24.1 Å². The minimum absolute atomic E-state index is 0.0453. The average molecular weight is 481 g/mol. The van der Waals surface area contributed by atoms with Gasteiger partial charge in [-0.2, -0.15) is 0 Å². The van der Waals surface area contributed by atoms with Crippen LogP contribution in [0.25, 0.3) is 0 Å². The third kappa shape index (κ3) is 6.06. The number of hydrogen-bond donors (Lipinski definition) is 2. The molecule has 1 aromatic carbocycles. The van der Waals surface area contributed by atoms with Gasteiger partial charge in [-0.05, 0) is 51.0 Å². The van der Waals surface area contributed by atoms with Gasteiger partial charge in [0.2, 0.25) is 5.78 Å². The lowest BCUT2D eigenvalue weighted by atomic mass is 10.0. The Hall–Kier alpha value is -4.14. The fraction of sp³-hybridized carbons (Fsp3) is 0.308. The number of carbonyl (C=O) groups excluding carboxylic acids is 4. The molecule has 0 aliphatic heterocycles. The van der Waals surface area contributed by atoms with Crippen LogP contribution in [0.2, 0.25) is 0 Å². The first-order chi connectivity index (χ1) is 16.7. The molecule has 0 spiro atoms. The van der Waals surface area contributed by atoms with Crippen LogP contribution in [-0.4, -0.2) is 47.4 Å². The molecule has 184 valence electrons. The molecule has 0 radical (unpaired) electrons. The molecule has 0 bridgehead atoms. The van der Waals surface area contributed by atoms with E-state index in [9.17, 15) is 19.2 Å². The van der Waals surface area contributed by atoms with Gasteiger partial charge >= 0.3 is 11.9 Å². The van der Waals surface area contributed by atoms with Crippen molar-refractivity contribution in [2.45, 2.75) is 46.3 Å². The molecule has 3 rings (SSSR count). The summed E-state index contributed by atoms with van der Waals surface area (Å²) in [6, 6.07) is 11.1. The van der Waals surface area contributed by atoms with E-state index in [0.29, 0.717) is 11.3 Å². The smallest absolute Gasteiger partial charge is 0.340 e. The Labute approximate surface area is 202 Å². The van der Waals surface area contributed by atoms with Gasteiger partial charge in [0.1, 0.15) is 6.04 Å². The zero-order valence-corrected chi connectivity index (χ0v) is 20.0. The number of benzene rings is 1. The SMILES string of the molecule is CCOC(=O)c1c(C)[nH]c(C(=O)C(C)OC(=O)C(Cc2ccccc2)NC(=O)c2ccco2)c1C. The van der Waals surface area contributed by atoms with Crippen molar-refractivity contribution < 1.29 is 33.1 Å². The molecule has 0 aliphatic carbocycles. The maximum atomic E-state index is 13.1. The van der Waals surface area contributed by atoms with Crippen molar-refractivity contribution in [1.29, 1.82) is 0 Å². The number of ketones is 1. The summed E-state index contributed by atoms with van der Waals surface area (Å²) < 4.78 is 15.6. The summed E-state index contributed by atoms with van der Waals surface area (Å²) in [5.41, 5.74) is 2.13. The quantitative estimate of drug-likeness (QED) is 0.335. The minimum Gasteiger partial charge on any atom is -0.462 e. The number of esters is 2. The summed E-state index contributed by atoms with van der Waals surface area (Å²) in [6.45, 7) is 6.62. The molecule has 0 saturated carbocycles. The Kier molecular flexibility index (Phi) is 8.25. The van der Waals surface area contributed by atoms with E-state index in [1.165, 1.54) is 19.3 Å². The zero-order valence-electron chi connectivity index (χ0n) is 20.0. The van der Waals surface area contributed by atoms with Crippen molar-refractivity contribution in [1.82, 2.24) is 10.3 Å². The molecule has 35 heavy (non-hydrogen) atoms. The van der Waals surface area contributed by atoms with Crippen molar-refractivity contribution in [3.63, 3.8) is 0 Å². The van der Waals surface area contributed by atoms with Gasteiger partial charge < -0.3 is 24.2 Å². The van der Waals surface area contributed by atoms with Crippen molar-refractivity contribution in [3.05, 3.63) is 82.6 Å². The first-order valence-electron chi connectivity index (χ1n) is 11.2. The number of aryl methyl sites for hydroxylation is 1. The van der Waals surface area contributed by atoms with E-state index in [0.717, 1.165) is 5.56 Å². The molecular formula is C26H28N2O7. The Morgan fingerprint density at radius 2 is 1.77 bits per heavy atom. The second kappa shape index (κ2) is 11.3. The maximum absolute atomic E-state index is 13.1. The molecule has 1 amide bonds. The average Bonchev–Trinajstić information content (AvgIpc) is 3.47. The number of rotatable bonds is 10. The van der Waals surface area contributed by atoms with Gasteiger partial charge in [-0.15, -0.1) is 0 Å².